The summed E-state index contributed by atoms with van der Waals surface area (Å²) in [5.74, 6) is -0.482. The molecule has 0 bridgehead atoms. The van der Waals surface area contributed by atoms with Gasteiger partial charge in [-0.2, -0.15) is 0 Å². The highest BCUT2D eigenvalue weighted by Crippen LogP contribution is 2.33. The Hall–Kier alpha value is -1.97. The number of ketones is 1. The van der Waals surface area contributed by atoms with E-state index in [1.54, 1.807) is 0 Å². The average molecular weight is 192 g/mol. The van der Waals surface area contributed by atoms with Gasteiger partial charge in [-0.1, -0.05) is 0 Å². The number of fused-ring (bicyclic) bond motifs is 1. The summed E-state index contributed by atoms with van der Waals surface area (Å²) in [5, 5.41) is 19.2. The molecule has 0 spiro atoms. The molecule has 0 saturated heterocycles. The number of aromatic hydroxyl groups is 2. The Balaban J connectivity index is 2.90. The summed E-state index contributed by atoms with van der Waals surface area (Å²) in [6.45, 7) is 1.33. The largest absolute Gasteiger partial charge is 0.507 e. The van der Waals surface area contributed by atoms with E-state index in [9.17, 15) is 15.0 Å². The zero-order valence-electron chi connectivity index (χ0n) is 7.44. The Morgan fingerprint density at radius 1 is 1.29 bits per heavy atom. The van der Waals surface area contributed by atoms with E-state index >= 15 is 0 Å². The number of carbonyl (C=O) groups is 1. The standard InChI is InChI=1S/C10H8O4/c1-5(11)9-7(12)3-2-6-8(13)4-14-10(6)9/h2-4,12-13H,1H3. The molecule has 0 radical (unpaired) electrons. The normalized spacial score (nSPS) is 10.6. The Kier molecular flexibility index (Phi) is 1.70. The van der Waals surface area contributed by atoms with Gasteiger partial charge in [-0.15, -0.1) is 0 Å². The summed E-state index contributed by atoms with van der Waals surface area (Å²) in [6, 6.07) is 2.85. The third-order valence-corrected chi connectivity index (χ3v) is 2.05. The van der Waals surface area contributed by atoms with E-state index in [4.69, 9.17) is 4.42 Å². The molecule has 0 amide bonds. The summed E-state index contributed by atoms with van der Waals surface area (Å²) in [4.78, 5) is 11.2. The fraction of sp³-hybridized carbons (Fsp3) is 0.100. The first kappa shape index (κ1) is 8.62. The van der Waals surface area contributed by atoms with Crippen LogP contribution in [0.4, 0.5) is 0 Å². The molecule has 4 heteroatoms. The van der Waals surface area contributed by atoms with Crippen LogP contribution in [-0.4, -0.2) is 16.0 Å². The topological polar surface area (TPSA) is 70.7 Å². The number of Topliss-reactive ketones (excluding diaryl/α,β-unsaturated/α-hetero) is 1. The second-order valence-corrected chi connectivity index (χ2v) is 3.01. The van der Waals surface area contributed by atoms with Crippen LogP contribution < -0.4 is 0 Å². The lowest BCUT2D eigenvalue weighted by Gasteiger charge is -2.00. The number of hydrogen-bond acceptors (Lipinski definition) is 4. The molecule has 0 atom stereocenters. The zero-order valence-corrected chi connectivity index (χ0v) is 7.44. The summed E-state index contributed by atoms with van der Waals surface area (Å²) in [6.07, 6.45) is 1.14. The highest BCUT2D eigenvalue weighted by Gasteiger charge is 2.16. The van der Waals surface area contributed by atoms with Crippen molar-refractivity contribution in [1.29, 1.82) is 0 Å². The Morgan fingerprint density at radius 3 is 2.64 bits per heavy atom. The van der Waals surface area contributed by atoms with Crippen molar-refractivity contribution >= 4 is 16.8 Å². The molecule has 0 fully saturated rings. The van der Waals surface area contributed by atoms with E-state index < -0.39 is 0 Å². The first-order valence-corrected chi connectivity index (χ1v) is 4.04. The predicted octanol–water partition coefficient (Wildman–Crippen LogP) is 2.05. The lowest BCUT2D eigenvalue weighted by Crippen LogP contribution is -1.92. The van der Waals surface area contributed by atoms with Gasteiger partial charge in [0.1, 0.15) is 17.6 Å². The monoisotopic (exact) mass is 192 g/mol. The average Bonchev–Trinajstić information content (AvgIpc) is 2.47. The van der Waals surface area contributed by atoms with Gasteiger partial charge in [0.05, 0.1) is 5.39 Å². The van der Waals surface area contributed by atoms with Gasteiger partial charge in [0, 0.05) is 0 Å². The molecule has 4 nitrogen and oxygen atoms in total. The first-order valence-electron chi connectivity index (χ1n) is 4.04. The third kappa shape index (κ3) is 1.04. The number of hydrogen-bond donors (Lipinski definition) is 2. The number of furan rings is 1. The van der Waals surface area contributed by atoms with Crippen LogP contribution in [0.2, 0.25) is 0 Å². The zero-order chi connectivity index (χ0) is 10.3. The van der Waals surface area contributed by atoms with E-state index in [1.807, 2.05) is 0 Å². The summed E-state index contributed by atoms with van der Waals surface area (Å²) < 4.78 is 4.99. The molecule has 2 rings (SSSR count). The molecule has 1 aromatic heterocycles. The van der Waals surface area contributed by atoms with Crippen LogP contribution in [0.5, 0.6) is 11.5 Å². The second-order valence-electron chi connectivity index (χ2n) is 3.01. The molecule has 1 aromatic carbocycles. The third-order valence-electron chi connectivity index (χ3n) is 2.05. The van der Waals surface area contributed by atoms with Crippen LogP contribution in [0.3, 0.4) is 0 Å². The highest BCUT2D eigenvalue weighted by atomic mass is 16.4. The van der Waals surface area contributed by atoms with Crippen molar-refractivity contribution in [2.75, 3.05) is 0 Å². The lowest BCUT2D eigenvalue weighted by molar-refractivity contribution is 0.101. The molecule has 1 heterocycles. The van der Waals surface area contributed by atoms with Crippen LogP contribution >= 0.6 is 0 Å². The maximum atomic E-state index is 11.2. The molecule has 0 aliphatic rings. The fourth-order valence-corrected chi connectivity index (χ4v) is 1.41. The lowest BCUT2D eigenvalue weighted by atomic mass is 10.1. The minimum atomic E-state index is -0.303. The van der Waals surface area contributed by atoms with E-state index in [-0.39, 0.29) is 28.4 Å². The first-order chi connectivity index (χ1) is 6.61. The van der Waals surface area contributed by atoms with Crippen LogP contribution in [-0.2, 0) is 0 Å². The van der Waals surface area contributed by atoms with Gasteiger partial charge in [-0.25, -0.2) is 0 Å². The van der Waals surface area contributed by atoms with Crippen molar-refractivity contribution in [3.8, 4) is 11.5 Å². The van der Waals surface area contributed by atoms with E-state index in [0.717, 1.165) is 6.26 Å². The molecule has 2 N–H and O–H groups in total. The quantitative estimate of drug-likeness (QED) is 0.678. The molecule has 0 saturated carbocycles. The van der Waals surface area contributed by atoms with E-state index in [0.29, 0.717) is 5.39 Å². The number of benzene rings is 1. The predicted molar refractivity (Wildman–Crippen MR) is 49.5 cm³/mol. The van der Waals surface area contributed by atoms with E-state index in [2.05, 4.69) is 0 Å². The van der Waals surface area contributed by atoms with Gasteiger partial charge in [0.15, 0.2) is 17.1 Å². The number of carbonyl (C=O) groups excluding carboxylic acids is 1. The Labute approximate surface area is 79.4 Å². The van der Waals surface area contributed by atoms with Crippen LogP contribution in [0.25, 0.3) is 11.0 Å². The number of phenolic OH excluding ortho intramolecular Hbond substituents is 1. The maximum absolute atomic E-state index is 11.2. The van der Waals surface area contributed by atoms with Gasteiger partial charge in [-0.3, -0.25) is 4.79 Å². The highest BCUT2D eigenvalue weighted by molar-refractivity contribution is 6.08. The van der Waals surface area contributed by atoms with E-state index in [1.165, 1.54) is 19.1 Å². The van der Waals surface area contributed by atoms with Crippen molar-refractivity contribution in [3.05, 3.63) is 24.0 Å². The van der Waals surface area contributed by atoms with Gasteiger partial charge < -0.3 is 14.6 Å². The van der Waals surface area contributed by atoms with Crippen molar-refractivity contribution in [2.24, 2.45) is 0 Å². The van der Waals surface area contributed by atoms with Crippen LogP contribution in [0, 0.1) is 0 Å². The number of phenols is 1. The SMILES string of the molecule is CC(=O)c1c(O)ccc2c(O)coc12. The molecule has 14 heavy (non-hydrogen) atoms. The van der Waals surface area contributed by atoms with Gasteiger partial charge in [-0.05, 0) is 19.1 Å². The van der Waals surface area contributed by atoms with Crippen LogP contribution in [0.1, 0.15) is 17.3 Å². The molecule has 0 aliphatic carbocycles. The molecule has 0 aliphatic heterocycles. The van der Waals surface area contributed by atoms with Crippen molar-refractivity contribution in [3.63, 3.8) is 0 Å². The van der Waals surface area contributed by atoms with Crippen molar-refractivity contribution < 1.29 is 19.4 Å². The summed E-state index contributed by atoms with van der Waals surface area (Å²) in [7, 11) is 0. The fourth-order valence-electron chi connectivity index (χ4n) is 1.41. The Bertz CT molecular complexity index is 510. The minimum absolute atomic E-state index is 0.0394. The van der Waals surface area contributed by atoms with Gasteiger partial charge in [0.2, 0.25) is 0 Å². The van der Waals surface area contributed by atoms with Gasteiger partial charge in [0.25, 0.3) is 0 Å². The number of rotatable bonds is 1. The minimum Gasteiger partial charge on any atom is -0.507 e. The van der Waals surface area contributed by atoms with Crippen LogP contribution in [0.15, 0.2) is 22.8 Å². The van der Waals surface area contributed by atoms with Crippen molar-refractivity contribution in [1.82, 2.24) is 0 Å². The molecule has 72 valence electrons. The molecule has 2 aromatic rings. The van der Waals surface area contributed by atoms with Gasteiger partial charge >= 0.3 is 0 Å². The summed E-state index contributed by atoms with van der Waals surface area (Å²) >= 11 is 0. The molecule has 0 unspecified atom stereocenters. The maximum Gasteiger partial charge on any atom is 0.167 e. The van der Waals surface area contributed by atoms with Crippen molar-refractivity contribution in [2.45, 2.75) is 6.92 Å². The molecular formula is C10H8O4. The smallest absolute Gasteiger partial charge is 0.167 e. The summed E-state index contributed by atoms with van der Waals surface area (Å²) in [5.41, 5.74) is 0.317. The molecular weight excluding hydrogens is 184 g/mol. The second kappa shape index (κ2) is 2.77. The Morgan fingerprint density at radius 2 is 2.00 bits per heavy atom.